The molecule has 1 rings (SSSR count). The van der Waals surface area contributed by atoms with Crippen LogP contribution in [-0.2, 0) is 0 Å². The van der Waals surface area contributed by atoms with Crippen LogP contribution in [0, 0.1) is 5.41 Å². The number of hydrogen-bond acceptors (Lipinski definition) is 5. The summed E-state index contributed by atoms with van der Waals surface area (Å²) in [7, 11) is 0. The lowest BCUT2D eigenvalue weighted by Crippen LogP contribution is -2.07. The molecule has 0 radical (unpaired) electrons. The molecular formula is C9H14N4S. The van der Waals surface area contributed by atoms with Crippen molar-refractivity contribution in [2.45, 2.75) is 12.8 Å². The van der Waals surface area contributed by atoms with Crippen LogP contribution in [0.1, 0.15) is 18.5 Å². The maximum Gasteiger partial charge on any atom is 0.0843 e. The highest BCUT2D eigenvalue weighted by atomic mass is 32.1. The van der Waals surface area contributed by atoms with Crippen LogP contribution >= 0.6 is 11.3 Å². The zero-order valence-corrected chi connectivity index (χ0v) is 8.68. The Kier molecular flexibility index (Phi) is 4.28. The van der Waals surface area contributed by atoms with E-state index in [-0.39, 0.29) is 0 Å². The largest absolute Gasteiger partial charge is 0.404 e. The topological polar surface area (TPSA) is 88.8 Å². The third-order valence-corrected chi connectivity index (χ3v) is 2.42. The van der Waals surface area contributed by atoms with Crippen molar-refractivity contribution in [3.05, 3.63) is 22.8 Å². The number of thiazole rings is 1. The number of hydrogen-bond donors (Lipinski definition) is 3. The number of aromatic nitrogens is 1. The SMILES string of the molecule is N=C(CCCN)C(=CN)c1cscn1. The highest BCUT2D eigenvalue weighted by molar-refractivity contribution is 7.07. The standard InChI is InChI=1S/C9H14N4S/c10-3-1-2-8(12)7(4-11)9-5-14-6-13-9/h4-6,12H,1-3,10-11H2. The van der Waals surface area contributed by atoms with Gasteiger partial charge < -0.3 is 16.9 Å². The molecule has 5 N–H and O–H groups in total. The van der Waals surface area contributed by atoms with Crippen molar-refractivity contribution >= 4 is 22.6 Å². The zero-order chi connectivity index (χ0) is 10.4. The van der Waals surface area contributed by atoms with Gasteiger partial charge in [0.05, 0.1) is 11.2 Å². The maximum atomic E-state index is 7.79. The summed E-state index contributed by atoms with van der Waals surface area (Å²) in [4.78, 5) is 4.11. The molecule has 0 aliphatic rings. The van der Waals surface area contributed by atoms with Gasteiger partial charge in [-0.25, -0.2) is 4.98 Å². The fraction of sp³-hybridized carbons (Fsp3) is 0.333. The van der Waals surface area contributed by atoms with E-state index in [4.69, 9.17) is 16.9 Å². The summed E-state index contributed by atoms with van der Waals surface area (Å²) in [6.07, 6.45) is 2.89. The molecule has 14 heavy (non-hydrogen) atoms. The van der Waals surface area contributed by atoms with Crippen LogP contribution in [0.3, 0.4) is 0 Å². The molecular weight excluding hydrogens is 196 g/mol. The van der Waals surface area contributed by atoms with Crippen molar-refractivity contribution in [1.82, 2.24) is 4.98 Å². The third kappa shape index (κ3) is 2.65. The van der Waals surface area contributed by atoms with Gasteiger partial charge in [-0.15, -0.1) is 11.3 Å². The molecule has 0 aliphatic carbocycles. The van der Waals surface area contributed by atoms with E-state index >= 15 is 0 Å². The molecule has 0 aromatic carbocycles. The van der Waals surface area contributed by atoms with Crippen molar-refractivity contribution in [1.29, 1.82) is 5.41 Å². The lowest BCUT2D eigenvalue weighted by Gasteiger charge is -2.04. The predicted molar refractivity (Wildman–Crippen MR) is 60.3 cm³/mol. The van der Waals surface area contributed by atoms with Gasteiger partial charge in [-0.1, -0.05) is 0 Å². The number of allylic oxidation sites excluding steroid dienone is 1. The average Bonchev–Trinajstić information content (AvgIpc) is 2.69. The minimum atomic E-state index is 0.504. The van der Waals surface area contributed by atoms with Gasteiger partial charge in [-0.3, -0.25) is 0 Å². The first-order valence-corrected chi connectivity index (χ1v) is 5.32. The maximum absolute atomic E-state index is 7.79. The van der Waals surface area contributed by atoms with Gasteiger partial charge in [-0.2, -0.15) is 0 Å². The number of nitrogens with one attached hydrogen (secondary N) is 1. The molecule has 0 aliphatic heterocycles. The lowest BCUT2D eigenvalue weighted by atomic mass is 10.0. The van der Waals surface area contributed by atoms with Crippen LogP contribution in [-0.4, -0.2) is 17.2 Å². The van der Waals surface area contributed by atoms with Crippen LogP contribution < -0.4 is 11.5 Å². The highest BCUT2D eigenvalue weighted by Crippen LogP contribution is 2.16. The monoisotopic (exact) mass is 210 g/mol. The van der Waals surface area contributed by atoms with E-state index in [0.29, 0.717) is 24.3 Å². The Morgan fingerprint density at radius 2 is 2.43 bits per heavy atom. The van der Waals surface area contributed by atoms with Crippen LogP contribution in [0.15, 0.2) is 17.1 Å². The summed E-state index contributed by atoms with van der Waals surface area (Å²) in [5.74, 6) is 0. The Labute approximate surface area is 87.2 Å². The first kappa shape index (κ1) is 10.9. The highest BCUT2D eigenvalue weighted by Gasteiger charge is 2.08. The lowest BCUT2D eigenvalue weighted by molar-refractivity contribution is 0.877. The Morgan fingerprint density at radius 1 is 1.64 bits per heavy atom. The Hall–Kier alpha value is -1.20. The first-order valence-electron chi connectivity index (χ1n) is 4.38. The molecule has 0 atom stereocenters. The van der Waals surface area contributed by atoms with Crippen LogP contribution in [0.25, 0.3) is 5.57 Å². The molecule has 0 amide bonds. The smallest absolute Gasteiger partial charge is 0.0843 e. The van der Waals surface area contributed by atoms with Gasteiger partial charge >= 0.3 is 0 Å². The molecule has 1 aromatic heterocycles. The molecule has 0 unspecified atom stereocenters. The Balaban J connectivity index is 2.69. The van der Waals surface area contributed by atoms with Crippen molar-refractivity contribution in [2.75, 3.05) is 6.54 Å². The number of nitrogens with zero attached hydrogens (tertiary/aromatic N) is 1. The van der Waals surface area contributed by atoms with Crippen molar-refractivity contribution < 1.29 is 0 Å². The Morgan fingerprint density at radius 3 is 2.93 bits per heavy atom. The van der Waals surface area contributed by atoms with Crippen molar-refractivity contribution in [2.24, 2.45) is 11.5 Å². The summed E-state index contributed by atoms with van der Waals surface area (Å²) >= 11 is 1.50. The van der Waals surface area contributed by atoms with Gasteiger partial charge in [0.2, 0.25) is 0 Å². The van der Waals surface area contributed by atoms with E-state index in [2.05, 4.69) is 4.98 Å². The number of nitrogens with two attached hydrogens (primary N) is 2. The average molecular weight is 210 g/mol. The fourth-order valence-corrected chi connectivity index (χ4v) is 1.65. The second kappa shape index (κ2) is 5.51. The molecule has 1 heterocycles. The second-order valence-electron chi connectivity index (χ2n) is 2.82. The summed E-state index contributed by atoms with van der Waals surface area (Å²) in [5, 5.41) is 9.67. The van der Waals surface area contributed by atoms with Gasteiger partial charge in [0.1, 0.15) is 0 Å². The number of rotatable bonds is 5. The molecule has 0 saturated carbocycles. The summed E-state index contributed by atoms with van der Waals surface area (Å²) in [5.41, 5.74) is 14.6. The molecule has 1 aromatic rings. The van der Waals surface area contributed by atoms with E-state index in [1.165, 1.54) is 17.5 Å². The molecule has 4 nitrogen and oxygen atoms in total. The minimum Gasteiger partial charge on any atom is -0.404 e. The van der Waals surface area contributed by atoms with Crippen LogP contribution in [0.2, 0.25) is 0 Å². The van der Waals surface area contributed by atoms with Crippen LogP contribution in [0.5, 0.6) is 0 Å². The predicted octanol–water partition coefficient (Wildman–Crippen LogP) is 1.20. The summed E-state index contributed by atoms with van der Waals surface area (Å²) < 4.78 is 0. The van der Waals surface area contributed by atoms with E-state index in [0.717, 1.165) is 12.1 Å². The second-order valence-corrected chi connectivity index (χ2v) is 3.54. The summed E-state index contributed by atoms with van der Waals surface area (Å²) in [6.45, 7) is 0.595. The summed E-state index contributed by atoms with van der Waals surface area (Å²) in [6, 6.07) is 0. The van der Waals surface area contributed by atoms with E-state index in [1.54, 1.807) is 5.51 Å². The normalized spacial score (nSPS) is 11.6. The molecule has 0 spiro atoms. The molecule has 76 valence electrons. The van der Waals surface area contributed by atoms with Gasteiger partial charge in [0.15, 0.2) is 0 Å². The quantitative estimate of drug-likeness (QED) is 0.638. The van der Waals surface area contributed by atoms with Gasteiger partial charge in [0, 0.05) is 22.9 Å². The third-order valence-electron chi connectivity index (χ3n) is 1.83. The molecule has 0 fully saturated rings. The van der Waals surface area contributed by atoms with E-state index in [9.17, 15) is 0 Å². The van der Waals surface area contributed by atoms with E-state index in [1.807, 2.05) is 5.38 Å². The van der Waals surface area contributed by atoms with Crippen molar-refractivity contribution in [3.63, 3.8) is 0 Å². The zero-order valence-electron chi connectivity index (χ0n) is 7.86. The first-order chi connectivity index (χ1) is 6.79. The van der Waals surface area contributed by atoms with Gasteiger partial charge in [-0.05, 0) is 19.4 Å². The minimum absolute atomic E-state index is 0.504. The molecule has 5 heteroatoms. The Bertz CT molecular complexity index is 316. The van der Waals surface area contributed by atoms with Crippen molar-refractivity contribution in [3.8, 4) is 0 Å². The molecule has 0 saturated heterocycles. The molecule has 0 bridgehead atoms. The fourth-order valence-electron chi connectivity index (χ4n) is 1.10. The van der Waals surface area contributed by atoms with Crippen LogP contribution in [0.4, 0.5) is 0 Å². The van der Waals surface area contributed by atoms with E-state index < -0.39 is 0 Å². The van der Waals surface area contributed by atoms with Gasteiger partial charge in [0.25, 0.3) is 0 Å².